The van der Waals surface area contributed by atoms with Gasteiger partial charge in [-0.2, -0.15) is 0 Å². The molecule has 1 heterocycles. The van der Waals surface area contributed by atoms with Crippen LogP contribution in [0.4, 0.5) is 4.79 Å². The molecule has 0 spiro atoms. The van der Waals surface area contributed by atoms with Gasteiger partial charge in [0.1, 0.15) is 5.60 Å². The van der Waals surface area contributed by atoms with E-state index in [1.807, 2.05) is 25.7 Å². The third-order valence-corrected chi connectivity index (χ3v) is 4.33. The Labute approximate surface area is 132 Å². The van der Waals surface area contributed by atoms with Crippen molar-refractivity contribution in [1.82, 2.24) is 4.90 Å². The zero-order valence-corrected chi connectivity index (χ0v) is 14.2. The van der Waals surface area contributed by atoms with Gasteiger partial charge in [-0.05, 0) is 64.0 Å². The third kappa shape index (κ3) is 4.40. The van der Waals surface area contributed by atoms with Gasteiger partial charge in [0, 0.05) is 11.4 Å². The number of rotatable bonds is 2. The lowest BCUT2D eigenvalue weighted by molar-refractivity contribution is 0.00949. The SMILES string of the molecule is CSc1cccc(C2CCCCN2C(=O)OC(C)(C)C)c1. The zero-order chi connectivity index (χ0) is 15.5. The summed E-state index contributed by atoms with van der Waals surface area (Å²) in [7, 11) is 0. The predicted octanol–water partition coefficient (Wildman–Crippen LogP) is 4.87. The van der Waals surface area contributed by atoms with E-state index in [-0.39, 0.29) is 12.1 Å². The molecule has 0 radical (unpaired) electrons. The number of hydrogen-bond acceptors (Lipinski definition) is 3. The first-order valence-corrected chi connectivity index (χ1v) is 8.77. The lowest BCUT2D eigenvalue weighted by Crippen LogP contribution is -2.41. The van der Waals surface area contributed by atoms with Gasteiger partial charge < -0.3 is 9.64 Å². The first kappa shape index (κ1) is 16.2. The molecule has 1 aromatic rings. The second-order valence-electron chi connectivity index (χ2n) is 6.46. The summed E-state index contributed by atoms with van der Waals surface area (Å²) < 4.78 is 5.57. The highest BCUT2D eigenvalue weighted by atomic mass is 32.2. The molecule has 1 aromatic carbocycles. The van der Waals surface area contributed by atoms with E-state index in [2.05, 4.69) is 30.5 Å². The van der Waals surface area contributed by atoms with E-state index < -0.39 is 5.60 Å². The molecule has 1 aliphatic heterocycles. The van der Waals surface area contributed by atoms with Crippen molar-refractivity contribution in [2.75, 3.05) is 12.8 Å². The summed E-state index contributed by atoms with van der Waals surface area (Å²) in [6.07, 6.45) is 5.11. The Morgan fingerprint density at radius 1 is 1.33 bits per heavy atom. The van der Waals surface area contributed by atoms with Crippen molar-refractivity contribution in [3.8, 4) is 0 Å². The monoisotopic (exact) mass is 307 g/mol. The smallest absolute Gasteiger partial charge is 0.410 e. The van der Waals surface area contributed by atoms with Crippen molar-refractivity contribution in [3.63, 3.8) is 0 Å². The number of amides is 1. The van der Waals surface area contributed by atoms with Crippen LogP contribution in [-0.4, -0.2) is 29.4 Å². The maximum Gasteiger partial charge on any atom is 0.410 e. The van der Waals surface area contributed by atoms with Crippen LogP contribution in [0.3, 0.4) is 0 Å². The Kier molecular flexibility index (Phi) is 5.20. The molecule has 1 amide bonds. The maximum absolute atomic E-state index is 12.5. The van der Waals surface area contributed by atoms with Gasteiger partial charge in [0.15, 0.2) is 0 Å². The van der Waals surface area contributed by atoms with Gasteiger partial charge in [-0.1, -0.05) is 12.1 Å². The molecule has 1 atom stereocenters. The van der Waals surface area contributed by atoms with Crippen LogP contribution >= 0.6 is 11.8 Å². The van der Waals surface area contributed by atoms with Gasteiger partial charge in [-0.3, -0.25) is 0 Å². The van der Waals surface area contributed by atoms with Gasteiger partial charge in [0.05, 0.1) is 6.04 Å². The van der Waals surface area contributed by atoms with Crippen molar-refractivity contribution in [2.24, 2.45) is 0 Å². The molecule has 4 heteroatoms. The van der Waals surface area contributed by atoms with E-state index in [9.17, 15) is 4.79 Å². The largest absolute Gasteiger partial charge is 0.444 e. The minimum Gasteiger partial charge on any atom is -0.444 e. The fourth-order valence-electron chi connectivity index (χ4n) is 2.67. The normalized spacial score (nSPS) is 19.4. The number of hydrogen-bond donors (Lipinski definition) is 0. The second kappa shape index (κ2) is 6.73. The fraction of sp³-hybridized carbons (Fsp3) is 0.588. The van der Waals surface area contributed by atoms with Crippen molar-refractivity contribution in [3.05, 3.63) is 29.8 Å². The summed E-state index contributed by atoms with van der Waals surface area (Å²) in [5.41, 5.74) is 0.771. The van der Waals surface area contributed by atoms with Crippen LogP contribution in [-0.2, 0) is 4.74 Å². The minimum atomic E-state index is -0.444. The molecule has 0 aromatic heterocycles. The molecular formula is C17H25NO2S. The molecule has 3 nitrogen and oxygen atoms in total. The summed E-state index contributed by atoms with van der Waals surface area (Å²) in [6.45, 7) is 6.53. The molecule has 0 aliphatic carbocycles. The van der Waals surface area contributed by atoms with Gasteiger partial charge in [0.2, 0.25) is 0 Å². The number of carbonyl (C=O) groups is 1. The third-order valence-electron chi connectivity index (χ3n) is 3.61. The molecule has 1 unspecified atom stereocenters. The van der Waals surface area contributed by atoms with Gasteiger partial charge in [0.25, 0.3) is 0 Å². The van der Waals surface area contributed by atoms with Crippen LogP contribution < -0.4 is 0 Å². The first-order valence-electron chi connectivity index (χ1n) is 7.54. The summed E-state index contributed by atoms with van der Waals surface area (Å²) >= 11 is 1.73. The molecule has 2 rings (SSSR count). The van der Waals surface area contributed by atoms with E-state index in [1.54, 1.807) is 11.8 Å². The summed E-state index contributed by atoms with van der Waals surface area (Å²) in [6, 6.07) is 8.63. The number of piperidine rings is 1. The number of carbonyl (C=O) groups excluding carboxylic acids is 1. The van der Waals surface area contributed by atoms with E-state index in [1.165, 1.54) is 10.5 Å². The minimum absolute atomic E-state index is 0.140. The Bertz CT molecular complexity index is 496. The lowest BCUT2D eigenvalue weighted by Gasteiger charge is -2.37. The molecular weight excluding hydrogens is 282 g/mol. The molecule has 0 N–H and O–H groups in total. The Morgan fingerprint density at radius 2 is 2.10 bits per heavy atom. The molecule has 21 heavy (non-hydrogen) atoms. The molecule has 1 aliphatic rings. The first-order chi connectivity index (χ1) is 9.90. The average molecular weight is 307 g/mol. The Morgan fingerprint density at radius 3 is 2.76 bits per heavy atom. The van der Waals surface area contributed by atoms with Crippen LogP contribution in [0.1, 0.15) is 51.6 Å². The number of ether oxygens (including phenoxy) is 1. The standard InChI is InChI=1S/C17H25NO2S/c1-17(2,3)20-16(19)18-11-6-5-10-15(18)13-8-7-9-14(12-13)21-4/h7-9,12,15H,5-6,10-11H2,1-4H3. The topological polar surface area (TPSA) is 29.5 Å². The molecule has 0 bridgehead atoms. The molecule has 1 saturated heterocycles. The Hall–Kier alpha value is -1.16. The van der Waals surface area contributed by atoms with Gasteiger partial charge in [-0.25, -0.2) is 4.79 Å². The molecule has 0 saturated carbocycles. The van der Waals surface area contributed by atoms with Crippen LogP contribution in [0.2, 0.25) is 0 Å². The maximum atomic E-state index is 12.5. The highest BCUT2D eigenvalue weighted by Gasteiger charge is 2.31. The van der Waals surface area contributed by atoms with Crippen LogP contribution in [0.5, 0.6) is 0 Å². The lowest BCUT2D eigenvalue weighted by atomic mass is 9.96. The highest BCUT2D eigenvalue weighted by molar-refractivity contribution is 7.98. The van der Waals surface area contributed by atoms with Crippen LogP contribution in [0, 0.1) is 0 Å². The summed E-state index contributed by atoms with van der Waals surface area (Å²) in [5.74, 6) is 0. The van der Waals surface area contributed by atoms with Crippen LogP contribution in [0.15, 0.2) is 29.2 Å². The fourth-order valence-corrected chi connectivity index (χ4v) is 3.13. The van der Waals surface area contributed by atoms with E-state index in [0.717, 1.165) is 25.8 Å². The van der Waals surface area contributed by atoms with Crippen LogP contribution in [0.25, 0.3) is 0 Å². The average Bonchev–Trinajstić information content (AvgIpc) is 2.45. The van der Waals surface area contributed by atoms with Crippen molar-refractivity contribution >= 4 is 17.9 Å². The van der Waals surface area contributed by atoms with E-state index >= 15 is 0 Å². The van der Waals surface area contributed by atoms with Crippen molar-refractivity contribution in [1.29, 1.82) is 0 Å². The van der Waals surface area contributed by atoms with Gasteiger partial charge in [-0.15, -0.1) is 11.8 Å². The zero-order valence-electron chi connectivity index (χ0n) is 13.4. The summed E-state index contributed by atoms with van der Waals surface area (Å²) in [4.78, 5) is 15.6. The number of benzene rings is 1. The highest BCUT2D eigenvalue weighted by Crippen LogP contribution is 2.33. The quantitative estimate of drug-likeness (QED) is 0.730. The predicted molar refractivity (Wildman–Crippen MR) is 87.8 cm³/mol. The summed E-state index contributed by atoms with van der Waals surface area (Å²) in [5, 5.41) is 0. The number of thioether (sulfide) groups is 1. The number of nitrogens with zero attached hydrogens (tertiary/aromatic N) is 1. The van der Waals surface area contributed by atoms with E-state index in [4.69, 9.17) is 4.74 Å². The van der Waals surface area contributed by atoms with Crippen molar-refractivity contribution in [2.45, 2.75) is 56.6 Å². The van der Waals surface area contributed by atoms with Gasteiger partial charge >= 0.3 is 6.09 Å². The molecule has 116 valence electrons. The van der Waals surface area contributed by atoms with E-state index in [0.29, 0.717) is 0 Å². The molecule has 1 fully saturated rings. The Balaban J connectivity index is 2.20. The number of likely N-dealkylation sites (tertiary alicyclic amines) is 1. The second-order valence-corrected chi connectivity index (χ2v) is 7.34. The van der Waals surface area contributed by atoms with Crippen molar-refractivity contribution < 1.29 is 9.53 Å².